The topological polar surface area (TPSA) is 78.1 Å². The minimum Gasteiger partial charge on any atom is -0.497 e. The molecular weight excluding hydrogens is 240 g/mol. The Bertz CT molecular complexity index is 643. The maximum Gasteiger partial charge on any atom is 0.263 e. The molecule has 0 radical (unpaired) electrons. The standard InChI is InChI=1S/C11H10N2O3S/c1-16-7-4-2-6(3-5-7)8-9(14)12-11(17)13-10(8)15/h2-5H,1H3,(H3,12,13,14,15,17). The van der Waals surface area contributed by atoms with E-state index in [1.54, 1.807) is 31.4 Å². The second kappa shape index (κ2) is 4.42. The average Bonchev–Trinajstić information content (AvgIpc) is 2.28. The molecule has 1 aromatic carbocycles. The van der Waals surface area contributed by atoms with E-state index in [1.807, 2.05) is 0 Å². The van der Waals surface area contributed by atoms with Crippen molar-refractivity contribution >= 4 is 12.2 Å². The lowest BCUT2D eigenvalue weighted by molar-refractivity contribution is 0.415. The minimum atomic E-state index is -0.434. The van der Waals surface area contributed by atoms with Crippen LogP contribution in [0.3, 0.4) is 0 Å². The minimum absolute atomic E-state index is 0.0877. The van der Waals surface area contributed by atoms with Crippen LogP contribution < -0.4 is 10.3 Å². The van der Waals surface area contributed by atoms with E-state index >= 15 is 0 Å². The van der Waals surface area contributed by atoms with Gasteiger partial charge >= 0.3 is 0 Å². The Morgan fingerprint density at radius 1 is 1.24 bits per heavy atom. The lowest BCUT2D eigenvalue weighted by Crippen LogP contribution is -2.10. The number of hydrogen-bond acceptors (Lipinski definition) is 4. The van der Waals surface area contributed by atoms with Gasteiger partial charge in [0.2, 0.25) is 5.88 Å². The van der Waals surface area contributed by atoms with E-state index in [0.717, 1.165) is 0 Å². The molecule has 2 rings (SSSR count). The number of benzene rings is 1. The van der Waals surface area contributed by atoms with E-state index in [4.69, 9.17) is 17.0 Å². The highest BCUT2D eigenvalue weighted by molar-refractivity contribution is 7.71. The number of aromatic nitrogens is 2. The Hall–Kier alpha value is -2.08. The van der Waals surface area contributed by atoms with Crippen LogP contribution in [0.5, 0.6) is 11.6 Å². The summed E-state index contributed by atoms with van der Waals surface area (Å²) in [5.41, 5.74) is 0.300. The quantitative estimate of drug-likeness (QED) is 0.710. The molecule has 0 aliphatic heterocycles. The van der Waals surface area contributed by atoms with Crippen LogP contribution in [-0.2, 0) is 0 Å². The fourth-order valence-corrected chi connectivity index (χ4v) is 1.69. The first kappa shape index (κ1) is 11.4. The maximum absolute atomic E-state index is 11.7. The van der Waals surface area contributed by atoms with Crippen LogP contribution in [0.4, 0.5) is 0 Å². The van der Waals surface area contributed by atoms with Gasteiger partial charge in [0.05, 0.1) is 7.11 Å². The summed E-state index contributed by atoms with van der Waals surface area (Å²) in [6.07, 6.45) is 0. The zero-order chi connectivity index (χ0) is 12.4. The zero-order valence-corrected chi connectivity index (χ0v) is 9.80. The molecule has 0 aliphatic rings. The molecule has 0 spiro atoms. The molecule has 88 valence electrons. The molecule has 0 bridgehead atoms. The molecule has 1 aromatic heterocycles. The lowest BCUT2D eigenvalue weighted by atomic mass is 10.1. The van der Waals surface area contributed by atoms with Crippen molar-refractivity contribution in [2.75, 3.05) is 7.11 Å². The van der Waals surface area contributed by atoms with Gasteiger partial charge in [-0.1, -0.05) is 12.1 Å². The van der Waals surface area contributed by atoms with Crippen LogP contribution in [-0.4, -0.2) is 22.2 Å². The summed E-state index contributed by atoms with van der Waals surface area (Å²) >= 11 is 4.75. The van der Waals surface area contributed by atoms with Crippen LogP contribution in [0.25, 0.3) is 11.1 Å². The molecule has 1 heterocycles. The highest BCUT2D eigenvalue weighted by atomic mass is 32.1. The number of aromatic amines is 2. The molecule has 0 saturated carbocycles. The second-order valence-corrected chi connectivity index (χ2v) is 3.77. The van der Waals surface area contributed by atoms with Gasteiger partial charge in [0, 0.05) is 0 Å². The molecule has 0 atom stereocenters. The number of H-pyrrole nitrogens is 2. The molecule has 0 fully saturated rings. The van der Waals surface area contributed by atoms with Crippen molar-refractivity contribution in [3.63, 3.8) is 0 Å². The van der Waals surface area contributed by atoms with Crippen molar-refractivity contribution in [2.45, 2.75) is 0 Å². The van der Waals surface area contributed by atoms with Crippen molar-refractivity contribution in [3.05, 3.63) is 39.4 Å². The molecule has 0 saturated heterocycles. The fraction of sp³-hybridized carbons (Fsp3) is 0.0909. The van der Waals surface area contributed by atoms with Crippen molar-refractivity contribution in [2.24, 2.45) is 0 Å². The molecule has 3 N–H and O–H groups in total. The zero-order valence-electron chi connectivity index (χ0n) is 8.98. The maximum atomic E-state index is 11.7. The number of rotatable bonds is 2. The first-order chi connectivity index (χ1) is 8.11. The van der Waals surface area contributed by atoms with Gasteiger partial charge in [0.15, 0.2) is 4.77 Å². The third-order valence-corrected chi connectivity index (χ3v) is 2.51. The smallest absolute Gasteiger partial charge is 0.263 e. The molecule has 17 heavy (non-hydrogen) atoms. The summed E-state index contributed by atoms with van der Waals surface area (Å²) in [5, 5.41) is 9.68. The van der Waals surface area contributed by atoms with E-state index in [0.29, 0.717) is 11.3 Å². The number of aromatic hydroxyl groups is 1. The van der Waals surface area contributed by atoms with Gasteiger partial charge in [-0.05, 0) is 29.9 Å². The monoisotopic (exact) mass is 250 g/mol. The summed E-state index contributed by atoms with van der Waals surface area (Å²) < 4.78 is 5.10. The highest BCUT2D eigenvalue weighted by Crippen LogP contribution is 2.24. The summed E-state index contributed by atoms with van der Waals surface area (Å²) in [6, 6.07) is 6.77. The molecule has 0 amide bonds. The van der Waals surface area contributed by atoms with Crippen LogP contribution in [0, 0.1) is 4.77 Å². The van der Waals surface area contributed by atoms with Crippen molar-refractivity contribution in [1.29, 1.82) is 0 Å². The summed E-state index contributed by atoms with van der Waals surface area (Å²) in [7, 11) is 1.55. The molecule has 2 aromatic rings. The van der Waals surface area contributed by atoms with Crippen molar-refractivity contribution in [3.8, 4) is 22.8 Å². The van der Waals surface area contributed by atoms with E-state index in [2.05, 4.69) is 9.97 Å². The van der Waals surface area contributed by atoms with Crippen molar-refractivity contribution < 1.29 is 9.84 Å². The van der Waals surface area contributed by atoms with Gasteiger partial charge in [0.1, 0.15) is 11.3 Å². The number of ether oxygens (including phenoxy) is 1. The predicted octanol–water partition coefficient (Wildman–Crippen LogP) is 1.81. The van der Waals surface area contributed by atoms with Crippen LogP contribution in [0.2, 0.25) is 0 Å². The first-order valence-electron chi connectivity index (χ1n) is 4.82. The van der Waals surface area contributed by atoms with Gasteiger partial charge in [0.25, 0.3) is 5.56 Å². The van der Waals surface area contributed by atoms with Crippen LogP contribution in [0.1, 0.15) is 0 Å². The third kappa shape index (κ3) is 2.21. The first-order valence-corrected chi connectivity index (χ1v) is 5.22. The van der Waals surface area contributed by atoms with Gasteiger partial charge < -0.3 is 14.8 Å². The SMILES string of the molecule is COc1ccc(-c2c(O)[nH]c(=S)[nH]c2=O)cc1. The fourth-order valence-electron chi connectivity index (χ4n) is 1.50. The van der Waals surface area contributed by atoms with E-state index in [-0.39, 0.29) is 16.2 Å². The average molecular weight is 250 g/mol. The normalized spacial score (nSPS) is 10.2. The van der Waals surface area contributed by atoms with Gasteiger partial charge in [-0.25, -0.2) is 0 Å². The van der Waals surface area contributed by atoms with Crippen molar-refractivity contribution in [1.82, 2.24) is 9.97 Å². The molecule has 0 unspecified atom stereocenters. The molecule has 0 aliphatic carbocycles. The Labute approximate surface area is 102 Å². The van der Waals surface area contributed by atoms with Gasteiger partial charge in [-0.15, -0.1) is 0 Å². The number of nitrogens with one attached hydrogen (secondary N) is 2. The molecule has 5 nitrogen and oxygen atoms in total. The Balaban J connectivity index is 2.60. The van der Waals surface area contributed by atoms with Crippen LogP contribution >= 0.6 is 12.2 Å². The number of hydrogen-bond donors (Lipinski definition) is 3. The Morgan fingerprint density at radius 2 is 1.88 bits per heavy atom. The van der Waals surface area contributed by atoms with Crippen LogP contribution in [0.15, 0.2) is 29.1 Å². The predicted molar refractivity (Wildman–Crippen MR) is 65.9 cm³/mol. The molecule has 6 heteroatoms. The largest absolute Gasteiger partial charge is 0.497 e. The second-order valence-electron chi connectivity index (χ2n) is 3.36. The lowest BCUT2D eigenvalue weighted by Gasteiger charge is -2.04. The highest BCUT2D eigenvalue weighted by Gasteiger charge is 2.09. The Morgan fingerprint density at radius 3 is 2.41 bits per heavy atom. The summed E-state index contributed by atoms with van der Waals surface area (Å²) in [5.74, 6) is 0.428. The van der Waals surface area contributed by atoms with E-state index in [1.165, 1.54) is 0 Å². The van der Waals surface area contributed by atoms with E-state index < -0.39 is 5.56 Å². The Kier molecular flexibility index (Phi) is 2.97. The third-order valence-electron chi connectivity index (χ3n) is 2.30. The summed E-state index contributed by atoms with van der Waals surface area (Å²) in [4.78, 5) is 16.6. The molecular formula is C11H10N2O3S. The van der Waals surface area contributed by atoms with Gasteiger partial charge in [-0.3, -0.25) is 9.78 Å². The summed E-state index contributed by atoms with van der Waals surface area (Å²) in [6.45, 7) is 0. The van der Waals surface area contributed by atoms with E-state index in [9.17, 15) is 9.90 Å². The number of methoxy groups -OCH3 is 1. The van der Waals surface area contributed by atoms with Gasteiger partial charge in [-0.2, -0.15) is 0 Å².